The molecule has 230 valence electrons. The Morgan fingerprint density at radius 2 is 1.87 bits per heavy atom. The molecule has 1 fully saturated rings. The second-order valence-electron chi connectivity index (χ2n) is 11.8. The summed E-state index contributed by atoms with van der Waals surface area (Å²) in [5, 5.41) is 18.7. The number of aromatic carboxylic acids is 1. The number of ether oxygens (including phenoxy) is 1. The Hall–Kier alpha value is -5.46. The molecule has 5 aromatic rings. The van der Waals surface area contributed by atoms with Gasteiger partial charge in [0.15, 0.2) is 5.65 Å². The number of hydrogen-bond donors (Lipinski definition) is 1. The van der Waals surface area contributed by atoms with Crippen LogP contribution in [0.4, 0.5) is 15.0 Å². The Labute approximate surface area is 257 Å². The highest BCUT2D eigenvalue weighted by Crippen LogP contribution is 2.32. The van der Waals surface area contributed by atoms with Gasteiger partial charge in [0.2, 0.25) is 0 Å². The maximum absolute atomic E-state index is 15.9. The molecule has 1 aliphatic rings. The number of amides is 2. The van der Waals surface area contributed by atoms with Gasteiger partial charge in [0, 0.05) is 36.9 Å². The van der Waals surface area contributed by atoms with Gasteiger partial charge in [-0.05, 0) is 87.5 Å². The highest BCUT2D eigenvalue weighted by molar-refractivity contribution is 6.11. The lowest BCUT2D eigenvalue weighted by atomic mass is 10.0. The molecule has 13 heteroatoms. The fraction of sp³-hybridized carbons (Fsp3) is 0.281. The van der Waals surface area contributed by atoms with Gasteiger partial charge in [-0.2, -0.15) is 4.68 Å². The van der Waals surface area contributed by atoms with E-state index in [1.807, 2.05) is 0 Å². The van der Waals surface area contributed by atoms with E-state index in [0.29, 0.717) is 47.0 Å². The molecule has 0 bridgehead atoms. The summed E-state index contributed by atoms with van der Waals surface area (Å²) in [5.41, 5.74) is 0.436. The van der Waals surface area contributed by atoms with Crippen LogP contribution in [0, 0.1) is 5.82 Å². The fourth-order valence-electron chi connectivity index (χ4n) is 5.46. The summed E-state index contributed by atoms with van der Waals surface area (Å²) in [5.74, 6) is -2.34. The van der Waals surface area contributed by atoms with Crippen molar-refractivity contribution in [3.8, 4) is 5.69 Å². The van der Waals surface area contributed by atoms with Crippen molar-refractivity contribution in [2.75, 3.05) is 18.0 Å². The number of pyridine rings is 2. The third kappa shape index (κ3) is 5.88. The Morgan fingerprint density at radius 1 is 1.04 bits per heavy atom. The van der Waals surface area contributed by atoms with E-state index >= 15 is 4.39 Å². The van der Waals surface area contributed by atoms with Crippen LogP contribution in [0.15, 0.2) is 67.0 Å². The second kappa shape index (κ2) is 11.6. The highest BCUT2D eigenvalue weighted by Gasteiger charge is 2.36. The summed E-state index contributed by atoms with van der Waals surface area (Å²) in [6, 6.07) is 13.1. The van der Waals surface area contributed by atoms with Gasteiger partial charge in [-0.15, -0.1) is 5.10 Å². The number of piperidine rings is 1. The molecule has 3 aromatic heterocycles. The molecule has 0 spiro atoms. The van der Waals surface area contributed by atoms with Crippen molar-refractivity contribution in [1.29, 1.82) is 0 Å². The van der Waals surface area contributed by atoms with Crippen molar-refractivity contribution in [1.82, 2.24) is 29.9 Å². The van der Waals surface area contributed by atoms with Crippen LogP contribution in [-0.4, -0.2) is 77.7 Å². The number of halogens is 1. The highest BCUT2D eigenvalue weighted by atomic mass is 19.1. The molecular weight excluding hydrogens is 581 g/mol. The van der Waals surface area contributed by atoms with Crippen LogP contribution in [0.1, 0.15) is 54.3 Å². The zero-order valence-electron chi connectivity index (χ0n) is 24.8. The number of carbonyl (C=O) groups excluding carboxylic acids is 2. The summed E-state index contributed by atoms with van der Waals surface area (Å²) in [6.45, 7) is 5.89. The minimum Gasteiger partial charge on any atom is -0.478 e. The van der Waals surface area contributed by atoms with Crippen LogP contribution >= 0.6 is 0 Å². The Bertz CT molecular complexity index is 1950. The summed E-state index contributed by atoms with van der Waals surface area (Å²) in [4.78, 5) is 50.8. The number of carboxylic acids is 1. The first-order valence-corrected chi connectivity index (χ1v) is 14.4. The molecule has 45 heavy (non-hydrogen) atoms. The second-order valence-corrected chi connectivity index (χ2v) is 11.8. The van der Waals surface area contributed by atoms with E-state index in [-0.39, 0.29) is 23.5 Å². The van der Waals surface area contributed by atoms with Gasteiger partial charge in [-0.25, -0.2) is 23.9 Å². The molecule has 6 rings (SSSR count). The minimum absolute atomic E-state index is 0.0723. The molecule has 1 saturated heterocycles. The summed E-state index contributed by atoms with van der Waals surface area (Å²) >= 11 is 0. The van der Waals surface area contributed by atoms with Crippen molar-refractivity contribution in [2.45, 2.75) is 45.3 Å². The Morgan fingerprint density at radius 3 is 2.62 bits per heavy atom. The molecule has 2 amide bonds. The van der Waals surface area contributed by atoms with Gasteiger partial charge in [0.1, 0.15) is 22.8 Å². The quantitative estimate of drug-likeness (QED) is 0.282. The van der Waals surface area contributed by atoms with E-state index < -0.39 is 35.4 Å². The predicted octanol–water partition coefficient (Wildman–Crippen LogP) is 5.25. The van der Waals surface area contributed by atoms with Crippen LogP contribution in [0.25, 0.3) is 27.6 Å². The smallest absolute Gasteiger partial charge is 0.410 e. The molecule has 0 saturated carbocycles. The molecule has 1 atom stereocenters. The van der Waals surface area contributed by atoms with Crippen molar-refractivity contribution < 1.29 is 28.6 Å². The van der Waals surface area contributed by atoms with Gasteiger partial charge >= 0.3 is 12.1 Å². The summed E-state index contributed by atoms with van der Waals surface area (Å²) < 4.78 is 22.9. The normalized spacial score (nSPS) is 15.3. The maximum atomic E-state index is 15.9. The molecule has 0 radical (unpaired) electrons. The molecule has 1 N–H and O–H groups in total. The minimum atomic E-state index is -1.10. The van der Waals surface area contributed by atoms with Gasteiger partial charge < -0.3 is 14.7 Å². The zero-order valence-corrected chi connectivity index (χ0v) is 24.8. The molecule has 0 unspecified atom stereocenters. The van der Waals surface area contributed by atoms with Gasteiger partial charge in [0.25, 0.3) is 5.91 Å². The number of fused-ring (bicyclic) bond motifs is 2. The summed E-state index contributed by atoms with van der Waals surface area (Å²) in [7, 11) is 0. The van der Waals surface area contributed by atoms with Gasteiger partial charge in [-0.1, -0.05) is 5.21 Å². The molecule has 2 aromatic carbocycles. The molecule has 1 aliphatic heterocycles. The van der Waals surface area contributed by atoms with E-state index in [1.165, 1.54) is 44.9 Å². The molecule has 0 aliphatic carbocycles. The van der Waals surface area contributed by atoms with Crippen molar-refractivity contribution >= 4 is 45.7 Å². The first-order chi connectivity index (χ1) is 21.5. The van der Waals surface area contributed by atoms with Crippen molar-refractivity contribution in [3.63, 3.8) is 0 Å². The predicted molar refractivity (Wildman–Crippen MR) is 163 cm³/mol. The number of anilines is 1. The lowest BCUT2D eigenvalue weighted by molar-refractivity contribution is 0.0195. The fourth-order valence-corrected chi connectivity index (χ4v) is 5.46. The SMILES string of the molecule is CC(C)(C)OC(=O)N1CCC[C@@H](N(C(=O)c2ccc(-n3nnc4cccnc43)cc2F)c2nccc3cc(C(=O)O)ccc23)C1. The number of rotatable bonds is 5. The first-order valence-electron chi connectivity index (χ1n) is 14.4. The number of aromatic nitrogens is 5. The standard InChI is InChI=1S/C32H30FN7O5/c1-32(2,3)45-31(44)38-15-5-6-22(18-38)39(27-23-10-8-20(30(42)43)16-19(23)12-14-35-27)29(41)24-11-9-21(17-25(24)33)40-28-26(36-37-40)7-4-13-34-28/h4,7-14,16-17,22H,5-6,15,18H2,1-3H3,(H,42,43)/t22-/m1/s1. The van der Waals surface area contributed by atoms with E-state index in [2.05, 4.69) is 20.3 Å². The molecular formula is C32H30FN7O5. The lowest BCUT2D eigenvalue weighted by Gasteiger charge is -2.39. The van der Waals surface area contributed by atoms with Crippen LogP contribution in [-0.2, 0) is 4.74 Å². The number of likely N-dealkylation sites (tertiary alicyclic amines) is 1. The molecule has 4 heterocycles. The van der Waals surface area contributed by atoms with Crippen LogP contribution in [0.3, 0.4) is 0 Å². The van der Waals surface area contributed by atoms with Crippen molar-refractivity contribution in [2.24, 2.45) is 0 Å². The number of carboxylic acid groups (broad SMARTS) is 1. The summed E-state index contributed by atoms with van der Waals surface area (Å²) in [6.07, 6.45) is 3.61. The van der Waals surface area contributed by atoms with Crippen LogP contribution in [0.5, 0.6) is 0 Å². The van der Waals surface area contributed by atoms with Crippen LogP contribution < -0.4 is 4.90 Å². The van der Waals surface area contributed by atoms with Gasteiger partial charge in [0.05, 0.1) is 22.9 Å². The first kappa shape index (κ1) is 29.6. The third-order valence-electron chi connectivity index (χ3n) is 7.49. The number of carbonyl (C=O) groups is 3. The number of nitrogens with zero attached hydrogens (tertiary/aromatic N) is 7. The monoisotopic (exact) mass is 611 g/mol. The van der Waals surface area contributed by atoms with Crippen molar-refractivity contribution in [3.05, 3.63) is 83.9 Å². The Kier molecular flexibility index (Phi) is 7.61. The average Bonchev–Trinajstić information content (AvgIpc) is 3.44. The van der Waals surface area contributed by atoms with Gasteiger partial charge in [-0.3, -0.25) is 9.69 Å². The van der Waals surface area contributed by atoms with Crippen LogP contribution in [0.2, 0.25) is 0 Å². The molecule has 12 nitrogen and oxygen atoms in total. The topological polar surface area (TPSA) is 144 Å². The number of hydrogen-bond acceptors (Lipinski definition) is 8. The largest absolute Gasteiger partial charge is 0.478 e. The van der Waals surface area contributed by atoms with E-state index in [9.17, 15) is 19.5 Å². The maximum Gasteiger partial charge on any atom is 0.410 e. The Balaban J connectivity index is 1.42. The van der Waals surface area contributed by atoms with E-state index in [1.54, 1.807) is 57.3 Å². The zero-order chi connectivity index (χ0) is 31.9. The third-order valence-corrected chi connectivity index (χ3v) is 7.49. The lowest BCUT2D eigenvalue weighted by Crippen LogP contribution is -2.53. The number of benzene rings is 2. The van der Waals surface area contributed by atoms with E-state index in [4.69, 9.17) is 4.74 Å². The average molecular weight is 612 g/mol. The van der Waals surface area contributed by atoms with E-state index in [0.717, 1.165) is 0 Å².